The van der Waals surface area contributed by atoms with Crippen molar-refractivity contribution in [3.8, 4) is 0 Å². The van der Waals surface area contributed by atoms with Gasteiger partial charge in [-0.1, -0.05) is 24.4 Å². The van der Waals surface area contributed by atoms with E-state index in [2.05, 4.69) is 4.98 Å². The lowest BCUT2D eigenvalue weighted by Gasteiger charge is -2.34. The van der Waals surface area contributed by atoms with Crippen LogP contribution < -0.4 is 0 Å². The van der Waals surface area contributed by atoms with Crippen LogP contribution in [0.5, 0.6) is 0 Å². The number of aromatic nitrogens is 1. The van der Waals surface area contributed by atoms with Gasteiger partial charge in [0.25, 0.3) is 0 Å². The third kappa shape index (κ3) is 1.56. The number of carbonyl (C=O) groups excluding carboxylic acids is 1. The maximum Gasteiger partial charge on any atom is 0.168 e. The highest BCUT2D eigenvalue weighted by atomic mass is 35.5. The molecule has 2 unspecified atom stereocenters. The first-order valence-corrected chi connectivity index (χ1v) is 6.33. The maximum atomic E-state index is 12.3. The number of rotatable bonds is 0. The molecule has 1 aromatic rings. The van der Waals surface area contributed by atoms with Crippen molar-refractivity contribution in [1.82, 2.24) is 4.98 Å². The van der Waals surface area contributed by atoms with Crippen LogP contribution in [0.15, 0.2) is 12.1 Å². The second kappa shape index (κ2) is 3.85. The van der Waals surface area contributed by atoms with E-state index in [1.807, 2.05) is 6.07 Å². The highest BCUT2D eigenvalue weighted by Gasteiger charge is 2.37. The summed E-state index contributed by atoms with van der Waals surface area (Å²) < 4.78 is 0. The minimum atomic E-state index is 0.254. The summed E-state index contributed by atoms with van der Waals surface area (Å²) in [6.07, 6.45) is 5.62. The summed E-state index contributed by atoms with van der Waals surface area (Å²) in [5.74, 6) is 1.07. The molecule has 1 aromatic heterocycles. The van der Waals surface area contributed by atoms with E-state index in [1.54, 1.807) is 6.07 Å². The van der Waals surface area contributed by atoms with Crippen molar-refractivity contribution in [1.29, 1.82) is 0 Å². The molecule has 0 amide bonds. The van der Waals surface area contributed by atoms with E-state index in [1.165, 1.54) is 19.3 Å². The lowest BCUT2D eigenvalue weighted by Crippen LogP contribution is -2.34. The molecule has 0 aromatic carbocycles. The van der Waals surface area contributed by atoms with Crippen LogP contribution in [0.2, 0.25) is 5.15 Å². The lowest BCUT2D eigenvalue weighted by atomic mass is 9.69. The fourth-order valence-electron chi connectivity index (χ4n) is 3.10. The zero-order valence-electron chi connectivity index (χ0n) is 9.08. The largest absolute Gasteiger partial charge is 0.294 e. The third-order valence-electron chi connectivity index (χ3n) is 3.91. The SMILES string of the molecule is O=C1c2ccc(Cl)nc2CC2CCCCC12. The monoisotopic (exact) mass is 235 g/mol. The Morgan fingerprint density at radius 2 is 2.06 bits per heavy atom. The molecular formula is C13H14ClNO. The number of halogens is 1. The lowest BCUT2D eigenvalue weighted by molar-refractivity contribution is 0.0798. The molecule has 16 heavy (non-hydrogen) atoms. The van der Waals surface area contributed by atoms with Gasteiger partial charge < -0.3 is 0 Å². The molecule has 3 heteroatoms. The number of pyridine rings is 1. The van der Waals surface area contributed by atoms with Crippen LogP contribution in [0.1, 0.15) is 41.7 Å². The van der Waals surface area contributed by atoms with Gasteiger partial charge in [0.1, 0.15) is 5.15 Å². The van der Waals surface area contributed by atoms with Crippen LogP contribution >= 0.6 is 11.6 Å². The molecule has 0 saturated heterocycles. The Labute approximate surface area is 100 Å². The van der Waals surface area contributed by atoms with Crippen LogP contribution in [0.4, 0.5) is 0 Å². The highest BCUT2D eigenvalue weighted by Crippen LogP contribution is 2.39. The topological polar surface area (TPSA) is 30.0 Å². The molecule has 0 N–H and O–H groups in total. The molecule has 3 rings (SSSR count). The van der Waals surface area contributed by atoms with Crippen molar-refractivity contribution in [2.75, 3.05) is 0 Å². The molecule has 0 aliphatic heterocycles. The average Bonchev–Trinajstić information content (AvgIpc) is 2.29. The molecule has 0 bridgehead atoms. The van der Waals surface area contributed by atoms with E-state index in [0.29, 0.717) is 16.9 Å². The molecule has 1 fully saturated rings. The van der Waals surface area contributed by atoms with Crippen molar-refractivity contribution in [3.63, 3.8) is 0 Å². The number of hydrogen-bond acceptors (Lipinski definition) is 2. The van der Waals surface area contributed by atoms with Gasteiger partial charge in [-0.3, -0.25) is 4.79 Å². The van der Waals surface area contributed by atoms with Gasteiger partial charge in [0, 0.05) is 11.5 Å². The first-order valence-electron chi connectivity index (χ1n) is 5.95. The Kier molecular flexibility index (Phi) is 2.47. The Morgan fingerprint density at radius 3 is 2.94 bits per heavy atom. The Bertz CT molecular complexity index is 444. The van der Waals surface area contributed by atoms with E-state index in [9.17, 15) is 4.79 Å². The standard InChI is InChI=1S/C13H14ClNO/c14-12-6-5-10-11(15-12)7-8-3-1-2-4-9(8)13(10)16/h5-6,8-9H,1-4,7H2. The van der Waals surface area contributed by atoms with Crippen molar-refractivity contribution < 1.29 is 4.79 Å². The smallest absolute Gasteiger partial charge is 0.168 e. The number of fused-ring (bicyclic) bond motifs is 2. The Morgan fingerprint density at radius 1 is 1.25 bits per heavy atom. The van der Waals surface area contributed by atoms with Crippen molar-refractivity contribution in [2.24, 2.45) is 11.8 Å². The zero-order valence-corrected chi connectivity index (χ0v) is 9.83. The molecule has 84 valence electrons. The number of Topliss-reactive ketones (excluding diaryl/α,β-unsaturated/α-hetero) is 1. The summed E-state index contributed by atoms with van der Waals surface area (Å²) in [4.78, 5) is 16.6. The molecule has 1 heterocycles. The summed E-state index contributed by atoms with van der Waals surface area (Å²) in [5, 5.41) is 0.501. The average molecular weight is 236 g/mol. The first-order chi connectivity index (χ1) is 7.75. The van der Waals surface area contributed by atoms with Gasteiger partial charge in [0.05, 0.1) is 5.69 Å². The molecule has 2 atom stereocenters. The van der Waals surface area contributed by atoms with Crippen molar-refractivity contribution >= 4 is 17.4 Å². The van der Waals surface area contributed by atoms with Crippen LogP contribution in [-0.2, 0) is 6.42 Å². The minimum Gasteiger partial charge on any atom is -0.294 e. The number of nitrogens with zero attached hydrogens (tertiary/aromatic N) is 1. The van der Waals surface area contributed by atoms with Gasteiger partial charge >= 0.3 is 0 Å². The molecule has 2 aliphatic carbocycles. The predicted molar refractivity (Wildman–Crippen MR) is 62.7 cm³/mol. The fraction of sp³-hybridized carbons (Fsp3) is 0.538. The summed E-state index contributed by atoms with van der Waals surface area (Å²) >= 11 is 5.88. The fourth-order valence-corrected chi connectivity index (χ4v) is 3.26. The molecule has 0 radical (unpaired) electrons. The van der Waals surface area contributed by atoms with E-state index in [-0.39, 0.29) is 5.92 Å². The Balaban J connectivity index is 2.03. The second-order valence-electron chi connectivity index (χ2n) is 4.85. The quantitative estimate of drug-likeness (QED) is 0.646. The summed E-state index contributed by atoms with van der Waals surface area (Å²) in [6, 6.07) is 3.57. The van der Waals surface area contributed by atoms with Crippen LogP contribution in [0, 0.1) is 11.8 Å². The van der Waals surface area contributed by atoms with Gasteiger partial charge in [0.15, 0.2) is 5.78 Å². The van der Waals surface area contributed by atoms with Crippen LogP contribution in [-0.4, -0.2) is 10.8 Å². The van der Waals surface area contributed by atoms with Crippen molar-refractivity contribution in [2.45, 2.75) is 32.1 Å². The van der Waals surface area contributed by atoms with E-state index < -0.39 is 0 Å². The van der Waals surface area contributed by atoms with Gasteiger partial charge in [-0.05, 0) is 37.3 Å². The van der Waals surface area contributed by atoms with Gasteiger partial charge in [-0.2, -0.15) is 0 Å². The zero-order chi connectivity index (χ0) is 11.1. The normalized spacial score (nSPS) is 28.4. The van der Waals surface area contributed by atoms with Crippen LogP contribution in [0.3, 0.4) is 0 Å². The van der Waals surface area contributed by atoms with Gasteiger partial charge in [-0.25, -0.2) is 4.98 Å². The second-order valence-corrected chi connectivity index (χ2v) is 5.23. The number of carbonyl (C=O) groups is 1. The van der Waals surface area contributed by atoms with Gasteiger partial charge in [-0.15, -0.1) is 0 Å². The summed E-state index contributed by atoms with van der Waals surface area (Å²) in [6.45, 7) is 0. The number of ketones is 1. The van der Waals surface area contributed by atoms with Crippen molar-refractivity contribution in [3.05, 3.63) is 28.5 Å². The summed E-state index contributed by atoms with van der Waals surface area (Å²) in [7, 11) is 0. The van der Waals surface area contributed by atoms with Gasteiger partial charge in [0.2, 0.25) is 0 Å². The maximum absolute atomic E-state index is 12.3. The van der Waals surface area contributed by atoms with E-state index in [4.69, 9.17) is 11.6 Å². The van der Waals surface area contributed by atoms with Crippen LogP contribution in [0.25, 0.3) is 0 Å². The molecule has 2 nitrogen and oxygen atoms in total. The molecular weight excluding hydrogens is 222 g/mol. The molecule has 0 spiro atoms. The molecule has 2 aliphatic rings. The third-order valence-corrected chi connectivity index (χ3v) is 4.12. The Hall–Kier alpha value is -0.890. The van der Waals surface area contributed by atoms with E-state index in [0.717, 1.165) is 24.1 Å². The number of hydrogen-bond donors (Lipinski definition) is 0. The predicted octanol–water partition coefficient (Wildman–Crippen LogP) is 3.28. The summed E-state index contributed by atoms with van der Waals surface area (Å²) in [5.41, 5.74) is 1.73. The minimum absolute atomic E-state index is 0.254. The van der Waals surface area contributed by atoms with E-state index >= 15 is 0 Å². The first kappa shape index (κ1) is 10.3. The highest BCUT2D eigenvalue weighted by molar-refractivity contribution is 6.29. The molecule has 1 saturated carbocycles.